The molecule has 2 rings (SSSR count). The van der Waals surface area contributed by atoms with Gasteiger partial charge in [-0.15, -0.1) is 0 Å². The number of hydrogen-bond acceptors (Lipinski definition) is 2. The van der Waals surface area contributed by atoms with Gasteiger partial charge in [-0.05, 0) is 42.3 Å². The Kier molecular flexibility index (Phi) is 4.58. The fourth-order valence-corrected chi connectivity index (χ4v) is 1.96. The van der Waals surface area contributed by atoms with Crippen LogP contribution in [-0.4, -0.2) is 20.0 Å². The molecule has 0 aliphatic heterocycles. The Bertz CT molecular complexity index is 653. The lowest BCUT2D eigenvalue weighted by atomic mass is 10.1. The zero-order valence-corrected chi connectivity index (χ0v) is 12.5. The molecule has 1 N–H and O–H groups in total. The van der Waals surface area contributed by atoms with Crippen LogP contribution in [-0.2, 0) is 6.54 Å². The molecule has 2 aromatic carbocycles. The molecule has 4 heteroatoms. The van der Waals surface area contributed by atoms with Crippen LogP contribution in [0, 0.1) is 12.7 Å². The molecule has 2 aromatic rings. The minimum absolute atomic E-state index is 0.167. The van der Waals surface area contributed by atoms with Gasteiger partial charge in [0.15, 0.2) is 0 Å². The molecule has 0 fully saturated rings. The third kappa shape index (κ3) is 3.81. The van der Waals surface area contributed by atoms with E-state index >= 15 is 0 Å². The first-order chi connectivity index (χ1) is 9.97. The van der Waals surface area contributed by atoms with Crippen molar-refractivity contribution in [3.63, 3.8) is 0 Å². The van der Waals surface area contributed by atoms with E-state index in [1.807, 2.05) is 43.3 Å². The Morgan fingerprint density at radius 2 is 1.95 bits per heavy atom. The monoisotopic (exact) mass is 286 g/mol. The van der Waals surface area contributed by atoms with Crippen molar-refractivity contribution < 1.29 is 9.18 Å². The lowest BCUT2D eigenvalue weighted by molar-refractivity contribution is 0.0951. The number of nitrogens with zero attached hydrogens (tertiary/aromatic N) is 1. The maximum absolute atomic E-state index is 13.5. The number of anilines is 1. The predicted molar refractivity (Wildman–Crippen MR) is 83.1 cm³/mol. The van der Waals surface area contributed by atoms with Gasteiger partial charge in [-0.1, -0.05) is 18.2 Å². The average Bonchev–Trinajstić information content (AvgIpc) is 2.48. The molecule has 0 atom stereocenters. The molecule has 0 unspecified atom stereocenters. The molecule has 110 valence electrons. The molecule has 0 spiro atoms. The van der Waals surface area contributed by atoms with E-state index in [2.05, 4.69) is 5.32 Å². The maximum atomic E-state index is 13.5. The lowest BCUT2D eigenvalue weighted by Gasteiger charge is -2.13. The van der Waals surface area contributed by atoms with Crippen molar-refractivity contribution in [1.82, 2.24) is 5.32 Å². The molecule has 21 heavy (non-hydrogen) atoms. The van der Waals surface area contributed by atoms with Gasteiger partial charge >= 0.3 is 0 Å². The number of aryl methyl sites for hydroxylation is 1. The molecular formula is C17H19FN2O. The van der Waals surface area contributed by atoms with Crippen molar-refractivity contribution in [2.45, 2.75) is 13.5 Å². The second kappa shape index (κ2) is 6.39. The van der Waals surface area contributed by atoms with E-state index in [9.17, 15) is 9.18 Å². The van der Waals surface area contributed by atoms with E-state index in [-0.39, 0.29) is 11.7 Å². The van der Waals surface area contributed by atoms with Crippen LogP contribution in [0.2, 0.25) is 0 Å². The highest BCUT2D eigenvalue weighted by molar-refractivity contribution is 5.95. The van der Waals surface area contributed by atoms with Crippen LogP contribution in [0.4, 0.5) is 10.1 Å². The fraction of sp³-hybridized carbons (Fsp3) is 0.235. The standard InChI is InChI=1S/C17H19FN2O/c1-12-7-8-13(9-16(12)18)11-19-17(21)14-5-4-6-15(10-14)20(2)3/h4-10H,11H2,1-3H3,(H,19,21). The summed E-state index contributed by atoms with van der Waals surface area (Å²) < 4.78 is 13.5. The third-order valence-corrected chi connectivity index (χ3v) is 3.31. The molecule has 1 amide bonds. The van der Waals surface area contributed by atoms with Gasteiger partial charge < -0.3 is 10.2 Å². The van der Waals surface area contributed by atoms with E-state index in [0.717, 1.165) is 11.3 Å². The minimum Gasteiger partial charge on any atom is -0.378 e. The summed E-state index contributed by atoms with van der Waals surface area (Å²) in [5.41, 5.74) is 2.90. The normalized spacial score (nSPS) is 10.3. The first kappa shape index (κ1) is 15.0. The topological polar surface area (TPSA) is 32.3 Å². The average molecular weight is 286 g/mol. The van der Waals surface area contributed by atoms with Crippen LogP contribution in [0.5, 0.6) is 0 Å². The van der Waals surface area contributed by atoms with Crippen LogP contribution in [0.15, 0.2) is 42.5 Å². The largest absolute Gasteiger partial charge is 0.378 e. The molecule has 0 heterocycles. The summed E-state index contributed by atoms with van der Waals surface area (Å²) in [7, 11) is 3.85. The summed E-state index contributed by atoms with van der Waals surface area (Å²) in [5, 5.41) is 2.80. The minimum atomic E-state index is -0.253. The Hall–Kier alpha value is -2.36. The summed E-state index contributed by atoms with van der Waals surface area (Å²) in [6.45, 7) is 2.02. The number of benzene rings is 2. The highest BCUT2D eigenvalue weighted by atomic mass is 19.1. The number of carbonyl (C=O) groups is 1. The van der Waals surface area contributed by atoms with Gasteiger partial charge in [0.25, 0.3) is 5.91 Å². The maximum Gasteiger partial charge on any atom is 0.251 e. The highest BCUT2D eigenvalue weighted by Gasteiger charge is 2.07. The van der Waals surface area contributed by atoms with E-state index in [1.165, 1.54) is 6.07 Å². The number of rotatable bonds is 4. The van der Waals surface area contributed by atoms with Gasteiger partial charge in [0, 0.05) is 31.9 Å². The van der Waals surface area contributed by atoms with Crippen molar-refractivity contribution in [2.24, 2.45) is 0 Å². The van der Waals surface area contributed by atoms with Crippen molar-refractivity contribution in [3.8, 4) is 0 Å². The summed E-state index contributed by atoms with van der Waals surface area (Å²) in [5.74, 6) is -0.420. The van der Waals surface area contributed by atoms with Crippen LogP contribution in [0.3, 0.4) is 0 Å². The molecule has 0 aliphatic rings. The molecule has 0 bridgehead atoms. The van der Waals surface area contributed by atoms with Crippen LogP contribution in [0.25, 0.3) is 0 Å². The molecular weight excluding hydrogens is 267 g/mol. The van der Waals surface area contributed by atoms with Crippen molar-refractivity contribution >= 4 is 11.6 Å². The van der Waals surface area contributed by atoms with Gasteiger partial charge in [-0.3, -0.25) is 4.79 Å². The van der Waals surface area contributed by atoms with Crippen LogP contribution < -0.4 is 10.2 Å². The van der Waals surface area contributed by atoms with Crippen LogP contribution >= 0.6 is 0 Å². The third-order valence-electron chi connectivity index (χ3n) is 3.31. The van der Waals surface area contributed by atoms with E-state index in [0.29, 0.717) is 17.7 Å². The zero-order valence-electron chi connectivity index (χ0n) is 12.5. The summed E-state index contributed by atoms with van der Waals surface area (Å²) >= 11 is 0. The Morgan fingerprint density at radius 1 is 1.19 bits per heavy atom. The smallest absolute Gasteiger partial charge is 0.251 e. The number of nitrogens with one attached hydrogen (secondary N) is 1. The number of hydrogen-bond donors (Lipinski definition) is 1. The zero-order chi connectivity index (χ0) is 15.4. The van der Waals surface area contributed by atoms with Gasteiger partial charge in [0.2, 0.25) is 0 Å². The summed E-state index contributed by atoms with van der Waals surface area (Å²) in [4.78, 5) is 14.1. The Balaban J connectivity index is 2.04. The number of carbonyl (C=O) groups excluding carboxylic acids is 1. The highest BCUT2D eigenvalue weighted by Crippen LogP contribution is 2.14. The van der Waals surface area contributed by atoms with Gasteiger partial charge in [-0.25, -0.2) is 4.39 Å². The first-order valence-corrected chi connectivity index (χ1v) is 6.78. The van der Waals surface area contributed by atoms with Gasteiger partial charge in [-0.2, -0.15) is 0 Å². The second-order valence-corrected chi connectivity index (χ2v) is 5.21. The molecule has 0 saturated heterocycles. The van der Waals surface area contributed by atoms with Crippen molar-refractivity contribution in [2.75, 3.05) is 19.0 Å². The fourth-order valence-electron chi connectivity index (χ4n) is 1.96. The lowest BCUT2D eigenvalue weighted by Crippen LogP contribution is -2.23. The first-order valence-electron chi connectivity index (χ1n) is 6.78. The Morgan fingerprint density at radius 3 is 2.62 bits per heavy atom. The molecule has 0 radical (unpaired) electrons. The quantitative estimate of drug-likeness (QED) is 0.936. The SMILES string of the molecule is Cc1ccc(CNC(=O)c2cccc(N(C)C)c2)cc1F. The Labute approximate surface area is 124 Å². The van der Waals surface area contributed by atoms with Gasteiger partial charge in [0.05, 0.1) is 0 Å². The predicted octanol–water partition coefficient (Wildman–Crippen LogP) is 3.13. The van der Waals surface area contributed by atoms with Crippen LogP contribution in [0.1, 0.15) is 21.5 Å². The number of halogens is 1. The van der Waals surface area contributed by atoms with E-state index < -0.39 is 0 Å². The number of amides is 1. The molecule has 0 aliphatic carbocycles. The summed E-state index contributed by atoms with van der Waals surface area (Å²) in [6.07, 6.45) is 0. The van der Waals surface area contributed by atoms with Crippen molar-refractivity contribution in [1.29, 1.82) is 0 Å². The van der Waals surface area contributed by atoms with E-state index in [4.69, 9.17) is 0 Å². The van der Waals surface area contributed by atoms with Gasteiger partial charge in [0.1, 0.15) is 5.82 Å². The summed E-state index contributed by atoms with van der Waals surface area (Å²) in [6, 6.07) is 12.3. The second-order valence-electron chi connectivity index (χ2n) is 5.21. The molecule has 0 saturated carbocycles. The molecule has 3 nitrogen and oxygen atoms in total. The molecule has 0 aromatic heterocycles. The van der Waals surface area contributed by atoms with E-state index in [1.54, 1.807) is 19.1 Å². The van der Waals surface area contributed by atoms with Crippen molar-refractivity contribution in [3.05, 3.63) is 65.0 Å².